The molecule has 10 aromatic rings. The first-order valence-electron chi connectivity index (χ1n) is 17.1. The minimum atomic E-state index is 0.915. The molecule has 0 aliphatic rings. The molecule has 0 unspecified atom stereocenters. The van der Waals surface area contributed by atoms with Gasteiger partial charge in [0.25, 0.3) is 0 Å². The Morgan fingerprint density at radius 1 is 0.280 bits per heavy atom. The molecule has 2 heteroatoms. The van der Waals surface area contributed by atoms with Crippen LogP contribution in [0.4, 0.5) is 17.1 Å². The lowest BCUT2D eigenvalue weighted by Crippen LogP contribution is -2.10. The molecule has 0 bridgehead atoms. The van der Waals surface area contributed by atoms with Crippen molar-refractivity contribution in [1.82, 2.24) is 0 Å². The number of rotatable bonds is 5. The third-order valence-electron chi connectivity index (χ3n) is 9.96. The molecule has 50 heavy (non-hydrogen) atoms. The fourth-order valence-corrected chi connectivity index (χ4v) is 7.50. The maximum Gasteiger partial charge on any atom is 0.136 e. The second-order valence-electron chi connectivity index (χ2n) is 13.0. The number of hydrogen-bond acceptors (Lipinski definition) is 2. The van der Waals surface area contributed by atoms with Gasteiger partial charge in [-0.2, -0.15) is 0 Å². The summed E-state index contributed by atoms with van der Waals surface area (Å²) in [6.07, 6.45) is 0. The first kappa shape index (κ1) is 28.4. The average molecular weight is 638 g/mol. The summed E-state index contributed by atoms with van der Waals surface area (Å²) in [5.41, 5.74) is 9.86. The summed E-state index contributed by atoms with van der Waals surface area (Å²) in [6, 6.07) is 67.8. The molecule has 9 aromatic carbocycles. The summed E-state index contributed by atoms with van der Waals surface area (Å²) in [4.78, 5) is 2.39. The Hall–Kier alpha value is -6.64. The average Bonchev–Trinajstić information content (AvgIpc) is 3.55. The van der Waals surface area contributed by atoms with Gasteiger partial charge in [-0.3, -0.25) is 0 Å². The highest BCUT2D eigenvalue weighted by atomic mass is 16.3. The Balaban J connectivity index is 1.21. The molecule has 0 atom stereocenters. The molecule has 0 aliphatic heterocycles. The molecule has 2 nitrogen and oxygen atoms in total. The fourth-order valence-electron chi connectivity index (χ4n) is 7.50. The van der Waals surface area contributed by atoms with Gasteiger partial charge in [0.1, 0.15) is 11.2 Å². The Kier molecular flexibility index (Phi) is 6.53. The van der Waals surface area contributed by atoms with E-state index >= 15 is 0 Å². The lowest BCUT2D eigenvalue weighted by Gasteiger charge is -2.27. The molecular formula is C48H31NO. The van der Waals surface area contributed by atoms with Crippen molar-refractivity contribution in [3.8, 4) is 22.3 Å². The topological polar surface area (TPSA) is 16.4 Å². The third kappa shape index (κ3) is 4.81. The van der Waals surface area contributed by atoms with Crippen molar-refractivity contribution in [2.24, 2.45) is 0 Å². The van der Waals surface area contributed by atoms with Gasteiger partial charge in [-0.05, 0) is 121 Å². The van der Waals surface area contributed by atoms with E-state index in [0.717, 1.165) is 44.4 Å². The Labute approximate surface area is 290 Å². The van der Waals surface area contributed by atoms with E-state index in [4.69, 9.17) is 4.42 Å². The number of anilines is 3. The predicted octanol–water partition coefficient (Wildman–Crippen LogP) is 13.8. The van der Waals surface area contributed by atoms with Crippen molar-refractivity contribution in [2.45, 2.75) is 0 Å². The maximum absolute atomic E-state index is 6.26. The number of nitrogens with zero attached hydrogens (tertiary/aromatic N) is 1. The number of fused-ring (bicyclic) bond motifs is 7. The predicted molar refractivity (Wildman–Crippen MR) is 212 cm³/mol. The van der Waals surface area contributed by atoms with E-state index in [9.17, 15) is 0 Å². The molecule has 0 saturated heterocycles. The van der Waals surface area contributed by atoms with Gasteiger partial charge >= 0.3 is 0 Å². The zero-order valence-corrected chi connectivity index (χ0v) is 27.3. The first-order valence-corrected chi connectivity index (χ1v) is 17.1. The van der Waals surface area contributed by atoms with Crippen molar-refractivity contribution in [3.63, 3.8) is 0 Å². The van der Waals surface area contributed by atoms with Crippen molar-refractivity contribution >= 4 is 71.3 Å². The van der Waals surface area contributed by atoms with Crippen molar-refractivity contribution in [2.75, 3.05) is 4.90 Å². The Morgan fingerprint density at radius 2 is 0.940 bits per heavy atom. The molecule has 0 radical (unpaired) electrons. The van der Waals surface area contributed by atoms with E-state index < -0.39 is 0 Å². The summed E-state index contributed by atoms with van der Waals surface area (Å²) in [7, 11) is 0. The smallest absolute Gasteiger partial charge is 0.136 e. The highest BCUT2D eigenvalue weighted by Crippen LogP contribution is 2.42. The van der Waals surface area contributed by atoms with E-state index in [1.165, 1.54) is 49.2 Å². The lowest BCUT2D eigenvalue weighted by atomic mass is 9.95. The van der Waals surface area contributed by atoms with Crippen LogP contribution in [0.5, 0.6) is 0 Å². The summed E-state index contributed by atoms with van der Waals surface area (Å²) in [5, 5.41) is 9.55. The van der Waals surface area contributed by atoms with Gasteiger partial charge in [-0.1, -0.05) is 121 Å². The number of benzene rings is 9. The molecule has 10 rings (SSSR count). The number of hydrogen-bond donors (Lipinski definition) is 0. The van der Waals surface area contributed by atoms with Crippen molar-refractivity contribution in [3.05, 3.63) is 188 Å². The van der Waals surface area contributed by atoms with E-state index in [1.54, 1.807) is 0 Å². The van der Waals surface area contributed by atoms with E-state index in [1.807, 2.05) is 12.1 Å². The molecule has 0 spiro atoms. The Morgan fingerprint density at radius 3 is 1.80 bits per heavy atom. The molecule has 1 aromatic heterocycles. The van der Waals surface area contributed by atoms with Gasteiger partial charge in [0.2, 0.25) is 0 Å². The van der Waals surface area contributed by atoms with Gasteiger partial charge in [0.15, 0.2) is 0 Å². The summed E-state index contributed by atoms with van der Waals surface area (Å²) < 4.78 is 6.26. The van der Waals surface area contributed by atoms with Gasteiger partial charge in [0, 0.05) is 27.8 Å². The highest BCUT2D eigenvalue weighted by molar-refractivity contribution is 6.17. The normalized spacial score (nSPS) is 11.6. The van der Waals surface area contributed by atoms with Crippen LogP contribution in [-0.4, -0.2) is 0 Å². The zero-order chi connectivity index (χ0) is 33.0. The minimum Gasteiger partial charge on any atom is -0.456 e. The fraction of sp³-hybridized carbons (Fsp3) is 0. The van der Waals surface area contributed by atoms with Crippen LogP contribution >= 0.6 is 0 Å². The lowest BCUT2D eigenvalue weighted by molar-refractivity contribution is 0.669. The van der Waals surface area contributed by atoms with Crippen LogP contribution in [-0.2, 0) is 0 Å². The van der Waals surface area contributed by atoms with Gasteiger partial charge < -0.3 is 9.32 Å². The van der Waals surface area contributed by atoms with E-state index in [0.29, 0.717) is 0 Å². The summed E-state index contributed by atoms with van der Waals surface area (Å²) in [6.45, 7) is 0. The van der Waals surface area contributed by atoms with Crippen LogP contribution in [0.25, 0.3) is 76.5 Å². The largest absolute Gasteiger partial charge is 0.456 e. The summed E-state index contributed by atoms with van der Waals surface area (Å²) in [5.74, 6) is 0. The molecule has 0 N–H and O–H groups in total. The Bertz CT molecular complexity index is 2870. The molecule has 0 amide bonds. The van der Waals surface area contributed by atoms with Crippen molar-refractivity contribution in [1.29, 1.82) is 0 Å². The monoisotopic (exact) mass is 637 g/mol. The van der Waals surface area contributed by atoms with Crippen LogP contribution in [0.1, 0.15) is 0 Å². The van der Waals surface area contributed by atoms with E-state index in [2.05, 4.69) is 181 Å². The molecular weight excluding hydrogens is 607 g/mol. The SMILES string of the molecule is c1ccc(-c2cc(-c3ccc4ccccc4c3)cc(N(c3ccccc3)c3ccc4ccc5cc6oc7ccccc7c6cc5c4c3)c2)cc1. The zero-order valence-electron chi connectivity index (χ0n) is 27.3. The van der Waals surface area contributed by atoms with Crippen LogP contribution < -0.4 is 4.90 Å². The second kappa shape index (κ2) is 11.5. The summed E-state index contributed by atoms with van der Waals surface area (Å²) >= 11 is 0. The number of para-hydroxylation sites is 2. The standard InChI is InChI=1S/C48H31NO/c1-3-11-32(12-4-1)38-26-39(36-21-19-33-13-7-8-14-35(33)25-36)28-42(27-38)49(40-15-5-2-6-16-40)41-24-23-34-20-22-37-29-48-46(31-45(37)44(34)30-41)43-17-9-10-18-47(43)50-48/h1-31H. The van der Waals surface area contributed by atoms with Crippen LogP contribution in [0.15, 0.2) is 192 Å². The van der Waals surface area contributed by atoms with Crippen molar-refractivity contribution < 1.29 is 4.42 Å². The quantitative estimate of drug-likeness (QED) is 0.175. The van der Waals surface area contributed by atoms with E-state index in [-0.39, 0.29) is 0 Å². The van der Waals surface area contributed by atoms with Gasteiger partial charge in [0.05, 0.1) is 0 Å². The third-order valence-corrected chi connectivity index (χ3v) is 9.96. The molecule has 234 valence electrons. The maximum atomic E-state index is 6.26. The van der Waals surface area contributed by atoms with Crippen LogP contribution in [0.2, 0.25) is 0 Å². The van der Waals surface area contributed by atoms with Crippen LogP contribution in [0, 0.1) is 0 Å². The molecule has 0 aliphatic carbocycles. The van der Waals surface area contributed by atoms with Gasteiger partial charge in [-0.15, -0.1) is 0 Å². The minimum absolute atomic E-state index is 0.915. The van der Waals surface area contributed by atoms with Gasteiger partial charge in [-0.25, -0.2) is 0 Å². The first-order chi connectivity index (χ1) is 24.7. The second-order valence-corrected chi connectivity index (χ2v) is 13.0. The number of furan rings is 1. The van der Waals surface area contributed by atoms with Crippen LogP contribution in [0.3, 0.4) is 0 Å². The highest BCUT2D eigenvalue weighted by Gasteiger charge is 2.17. The molecule has 1 heterocycles. The molecule has 0 saturated carbocycles. The molecule has 0 fully saturated rings.